The summed E-state index contributed by atoms with van der Waals surface area (Å²) in [4.78, 5) is 0. The zero-order valence-corrected chi connectivity index (χ0v) is 12.4. The lowest BCUT2D eigenvalue weighted by Gasteiger charge is -2.15. The molecule has 1 aliphatic carbocycles. The zero-order chi connectivity index (χ0) is 16.4. The van der Waals surface area contributed by atoms with Crippen molar-refractivity contribution in [2.24, 2.45) is 0 Å². The maximum absolute atomic E-state index is 12.4. The molecule has 0 saturated heterocycles. The number of rotatable bonds is 5. The topological polar surface area (TPSA) is 29.5 Å². The first-order valence-corrected chi connectivity index (χ1v) is 7.53. The van der Waals surface area contributed by atoms with Gasteiger partial charge in [0, 0.05) is 6.42 Å². The molecule has 0 aliphatic heterocycles. The highest BCUT2D eigenvalue weighted by molar-refractivity contribution is 5.38. The van der Waals surface area contributed by atoms with Crippen molar-refractivity contribution in [2.75, 3.05) is 0 Å². The van der Waals surface area contributed by atoms with E-state index in [0.29, 0.717) is 23.0 Å². The van der Waals surface area contributed by atoms with E-state index in [9.17, 15) is 13.2 Å². The number of benzene rings is 2. The maximum Gasteiger partial charge on any atom is 0.414 e. The minimum atomic E-state index is -4.62. The van der Waals surface area contributed by atoms with E-state index in [2.05, 4.69) is 6.07 Å². The third-order valence-corrected chi connectivity index (χ3v) is 3.85. The molecule has 3 rings (SSSR count). The van der Waals surface area contributed by atoms with Crippen molar-refractivity contribution in [3.63, 3.8) is 0 Å². The first kappa shape index (κ1) is 15.9. The molecule has 1 aliphatic rings. The van der Waals surface area contributed by atoms with Crippen molar-refractivity contribution in [3.8, 4) is 11.5 Å². The van der Waals surface area contributed by atoms with E-state index in [1.165, 1.54) is 24.5 Å². The largest absolute Gasteiger partial charge is 0.457 e. The van der Waals surface area contributed by atoms with Gasteiger partial charge in [-0.1, -0.05) is 24.3 Å². The first-order chi connectivity index (χ1) is 10.9. The van der Waals surface area contributed by atoms with Gasteiger partial charge in [0.1, 0.15) is 11.5 Å². The molecule has 122 valence electrons. The maximum atomic E-state index is 12.4. The lowest BCUT2D eigenvalue weighted by atomic mass is 10.1. The monoisotopic (exact) mass is 322 g/mol. The molecule has 0 aromatic heterocycles. The molecule has 1 N–H and O–H groups in total. The molecule has 2 nitrogen and oxygen atoms in total. The van der Waals surface area contributed by atoms with Crippen LogP contribution in [0.15, 0.2) is 48.5 Å². The summed E-state index contributed by atoms with van der Waals surface area (Å²) >= 11 is 0. The van der Waals surface area contributed by atoms with Crippen LogP contribution in [0.25, 0.3) is 0 Å². The van der Waals surface area contributed by atoms with Crippen LogP contribution in [0.2, 0.25) is 0 Å². The molecule has 1 fully saturated rings. The van der Waals surface area contributed by atoms with Gasteiger partial charge >= 0.3 is 6.18 Å². The molecule has 0 spiro atoms. The Bertz CT molecular complexity index is 678. The van der Waals surface area contributed by atoms with Crippen molar-refractivity contribution in [2.45, 2.75) is 37.5 Å². The average molecular weight is 322 g/mol. The van der Waals surface area contributed by atoms with Crippen LogP contribution in [0.3, 0.4) is 0 Å². The van der Waals surface area contributed by atoms with Gasteiger partial charge in [-0.25, -0.2) is 0 Å². The fourth-order valence-electron chi connectivity index (χ4n) is 2.46. The molecule has 0 radical (unpaired) electrons. The van der Waals surface area contributed by atoms with Gasteiger partial charge in [0.15, 0.2) is 6.10 Å². The van der Waals surface area contributed by atoms with E-state index in [0.717, 1.165) is 0 Å². The van der Waals surface area contributed by atoms with Gasteiger partial charge in [0.25, 0.3) is 0 Å². The Hall–Kier alpha value is -2.01. The van der Waals surface area contributed by atoms with Crippen LogP contribution < -0.4 is 4.74 Å². The van der Waals surface area contributed by atoms with Crippen LogP contribution in [-0.4, -0.2) is 17.4 Å². The minimum Gasteiger partial charge on any atom is -0.457 e. The van der Waals surface area contributed by atoms with Gasteiger partial charge in [-0.15, -0.1) is 0 Å². The zero-order valence-electron chi connectivity index (χ0n) is 12.4. The predicted molar refractivity (Wildman–Crippen MR) is 80.7 cm³/mol. The van der Waals surface area contributed by atoms with Crippen LogP contribution in [-0.2, 0) is 6.42 Å². The minimum absolute atomic E-state index is 0.380. The summed E-state index contributed by atoms with van der Waals surface area (Å²) in [6.07, 6.45) is -5.09. The molecule has 5 heteroatoms. The Labute approximate surface area is 132 Å². The molecule has 1 saturated carbocycles. The Balaban J connectivity index is 1.71. The number of aliphatic hydroxyl groups excluding tert-OH is 1. The fourth-order valence-corrected chi connectivity index (χ4v) is 2.46. The molecule has 23 heavy (non-hydrogen) atoms. The van der Waals surface area contributed by atoms with E-state index >= 15 is 0 Å². The smallest absolute Gasteiger partial charge is 0.414 e. The molecule has 0 amide bonds. The highest BCUT2D eigenvalue weighted by atomic mass is 19.4. The van der Waals surface area contributed by atoms with E-state index < -0.39 is 18.7 Å². The third-order valence-electron chi connectivity index (χ3n) is 3.85. The number of halogens is 3. The van der Waals surface area contributed by atoms with Crippen LogP contribution >= 0.6 is 0 Å². The summed E-state index contributed by atoms with van der Waals surface area (Å²) in [7, 11) is 0. The fraction of sp³-hybridized carbons (Fsp3) is 0.333. The molecule has 2 aromatic carbocycles. The molecule has 0 bridgehead atoms. The Morgan fingerprint density at radius 3 is 2.35 bits per heavy atom. The van der Waals surface area contributed by atoms with Crippen LogP contribution in [0.4, 0.5) is 13.2 Å². The number of ether oxygens (including phenoxy) is 1. The molecule has 0 unspecified atom stereocenters. The summed E-state index contributed by atoms with van der Waals surface area (Å²) in [6, 6.07) is 14.1. The number of aliphatic hydroxyl groups is 1. The normalized spacial score (nSPS) is 16.2. The first-order valence-electron chi connectivity index (χ1n) is 7.53. The van der Waals surface area contributed by atoms with Crippen molar-refractivity contribution in [1.29, 1.82) is 0 Å². The van der Waals surface area contributed by atoms with Crippen molar-refractivity contribution in [3.05, 3.63) is 59.7 Å². The number of alkyl halides is 3. The van der Waals surface area contributed by atoms with Gasteiger partial charge in [-0.05, 0) is 54.2 Å². The SMILES string of the molecule is O[C@H](Cc1cccc(Oc2cccc(C3CC3)c2)c1)C(F)(F)F. The Morgan fingerprint density at radius 2 is 1.70 bits per heavy atom. The third kappa shape index (κ3) is 4.26. The van der Waals surface area contributed by atoms with Gasteiger partial charge in [0.05, 0.1) is 0 Å². The van der Waals surface area contributed by atoms with Crippen molar-refractivity contribution in [1.82, 2.24) is 0 Å². The molecule has 0 heterocycles. The van der Waals surface area contributed by atoms with Gasteiger partial charge in [-0.2, -0.15) is 13.2 Å². The van der Waals surface area contributed by atoms with E-state index in [-0.39, 0.29) is 0 Å². The van der Waals surface area contributed by atoms with Crippen LogP contribution in [0.1, 0.15) is 29.9 Å². The van der Waals surface area contributed by atoms with E-state index in [4.69, 9.17) is 9.84 Å². The van der Waals surface area contributed by atoms with Gasteiger partial charge < -0.3 is 9.84 Å². The van der Waals surface area contributed by atoms with Gasteiger partial charge in [0.2, 0.25) is 0 Å². The second-order valence-electron chi connectivity index (χ2n) is 5.86. The summed E-state index contributed by atoms with van der Waals surface area (Å²) in [5.74, 6) is 1.74. The standard InChI is InChI=1S/C18H17F3O2/c19-18(20,21)17(22)10-12-3-1-5-15(9-12)23-16-6-2-4-14(11-16)13-7-8-13/h1-6,9,11,13,17,22H,7-8,10H2/t17-/m1/s1. The second-order valence-corrected chi connectivity index (χ2v) is 5.86. The lowest BCUT2D eigenvalue weighted by molar-refractivity contribution is -0.203. The van der Waals surface area contributed by atoms with E-state index in [1.54, 1.807) is 18.2 Å². The molecule has 2 aromatic rings. The van der Waals surface area contributed by atoms with E-state index in [1.807, 2.05) is 18.2 Å². The van der Waals surface area contributed by atoms with Crippen molar-refractivity contribution < 1.29 is 23.0 Å². The number of hydrogen-bond donors (Lipinski definition) is 1. The molecule has 1 atom stereocenters. The summed E-state index contributed by atoms with van der Waals surface area (Å²) in [6.45, 7) is 0. The highest BCUT2D eigenvalue weighted by Gasteiger charge is 2.38. The lowest BCUT2D eigenvalue weighted by Crippen LogP contribution is -2.30. The average Bonchev–Trinajstić information content (AvgIpc) is 3.31. The summed E-state index contributed by atoms with van der Waals surface area (Å²) in [5.41, 5.74) is 1.61. The Morgan fingerprint density at radius 1 is 1.04 bits per heavy atom. The van der Waals surface area contributed by atoms with Crippen LogP contribution in [0, 0.1) is 0 Å². The quantitative estimate of drug-likeness (QED) is 0.855. The molecular formula is C18H17F3O2. The second kappa shape index (κ2) is 6.24. The Kier molecular flexibility index (Phi) is 4.31. The summed E-state index contributed by atoms with van der Waals surface area (Å²) in [5, 5.41) is 9.16. The summed E-state index contributed by atoms with van der Waals surface area (Å²) < 4.78 is 43.0. The highest BCUT2D eigenvalue weighted by Crippen LogP contribution is 2.41. The van der Waals surface area contributed by atoms with Gasteiger partial charge in [-0.3, -0.25) is 0 Å². The number of hydrogen-bond acceptors (Lipinski definition) is 2. The molecular weight excluding hydrogens is 305 g/mol. The van der Waals surface area contributed by atoms with Crippen LogP contribution in [0.5, 0.6) is 11.5 Å². The predicted octanol–water partition coefficient (Wildman–Crippen LogP) is 4.82. The van der Waals surface area contributed by atoms with Crippen molar-refractivity contribution >= 4 is 0 Å².